The van der Waals surface area contributed by atoms with E-state index in [0.717, 1.165) is 18.4 Å². The van der Waals surface area contributed by atoms with Crippen LogP contribution in [0.25, 0.3) is 0 Å². The van der Waals surface area contributed by atoms with E-state index < -0.39 is 0 Å². The Hall–Kier alpha value is -2.73. The molecule has 1 N–H and O–H groups in total. The van der Waals surface area contributed by atoms with Crippen LogP contribution in [0.3, 0.4) is 0 Å². The fourth-order valence-electron chi connectivity index (χ4n) is 2.34. The maximum absolute atomic E-state index is 12.4. The van der Waals surface area contributed by atoms with Crippen molar-refractivity contribution in [1.29, 1.82) is 0 Å². The molecule has 0 aliphatic rings. The SMILES string of the molecule is CCCCOC(=O)CN(C(=S)NC(=O)c1ccccc1)c1ccc(C)cc1. The Morgan fingerprint density at radius 2 is 1.74 bits per heavy atom. The lowest BCUT2D eigenvalue weighted by molar-refractivity contribution is -0.141. The van der Waals surface area contributed by atoms with Gasteiger partial charge in [-0.25, -0.2) is 0 Å². The van der Waals surface area contributed by atoms with Crippen LogP contribution in [0.4, 0.5) is 5.69 Å². The fraction of sp³-hybridized carbons (Fsp3) is 0.286. The monoisotopic (exact) mass is 384 g/mol. The molecule has 0 aromatic heterocycles. The molecule has 27 heavy (non-hydrogen) atoms. The molecule has 2 aromatic carbocycles. The Labute approximate surface area is 165 Å². The summed E-state index contributed by atoms with van der Waals surface area (Å²) in [6, 6.07) is 16.4. The number of aryl methyl sites for hydroxylation is 1. The van der Waals surface area contributed by atoms with Gasteiger partial charge < -0.3 is 9.64 Å². The lowest BCUT2D eigenvalue weighted by atomic mass is 10.2. The molecular formula is C21H24N2O3S. The third-order valence-corrected chi connectivity index (χ3v) is 4.22. The van der Waals surface area contributed by atoms with Crippen molar-refractivity contribution >= 4 is 34.9 Å². The van der Waals surface area contributed by atoms with Crippen LogP contribution < -0.4 is 10.2 Å². The molecule has 5 nitrogen and oxygen atoms in total. The van der Waals surface area contributed by atoms with Gasteiger partial charge in [-0.2, -0.15) is 0 Å². The van der Waals surface area contributed by atoms with Gasteiger partial charge in [-0.15, -0.1) is 0 Å². The fourth-order valence-corrected chi connectivity index (χ4v) is 2.60. The van der Waals surface area contributed by atoms with E-state index in [1.54, 1.807) is 29.2 Å². The Balaban J connectivity index is 2.12. The summed E-state index contributed by atoms with van der Waals surface area (Å²) in [5.74, 6) is -0.711. The van der Waals surface area contributed by atoms with Crippen LogP contribution in [0.15, 0.2) is 54.6 Å². The van der Waals surface area contributed by atoms with Gasteiger partial charge in [-0.3, -0.25) is 14.9 Å². The smallest absolute Gasteiger partial charge is 0.326 e. The number of unbranched alkanes of at least 4 members (excludes halogenated alkanes) is 1. The topological polar surface area (TPSA) is 58.6 Å². The second-order valence-corrected chi connectivity index (χ2v) is 6.51. The molecular weight excluding hydrogens is 360 g/mol. The highest BCUT2D eigenvalue weighted by molar-refractivity contribution is 7.80. The molecule has 142 valence electrons. The lowest BCUT2D eigenvalue weighted by Crippen LogP contribution is -2.45. The summed E-state index contributed by atoms with van der Waals surface area (Å²) >= 11 is 5.41. The van der Waals surface area contributed by atoms with Gasteiger partial charge in [-0.05, 0) is 49.8 Å². The first-order valence-electron chi connectivity index (χ1n) is 8.91. The molecule has 0 saturated heterocycles. The highest BCUT2D eigenvalue weighted by Gasteiger charge is 2.19. The van der Waals surface area contributed by atoms with Gasteiger partial charge in [0.15, 0.2) is 5.11 Å². The third-order valence-electron chi connectivity index (χ3n) is 3.90. The number of nitrogens with one attached hydrogen (secondary N) is 1. The van der Waals surface area contributed by atoms with E-state index in [1.807, 2.05) is 44.2 Å². The number of esters is 1. The van der Waals surface area contributed by atoms with E-state index in [9.17, 15) is 9.59 Å². The van der Waals surface area contributed by atoms with Gasteiger partial charge in [0.2, 0.25) is 0 Å². The summed E-state index contributed by atoms with van der Waals surface area (Å²) in [7, 11) is 0. The summed E-state index contributed by atoms with van der Waals surface area (Å²) in [4.78, 5) is 26.2. The number of benzene rings is 2. The van der Waals surface area contributed by atoms with Crippen LogP contribution in [0.5, 0.6) is 0 Å². The molecule has 0 bridgehead atoms. The summed E-state index contributed by atoms with van der Waals surface area (Å²) < 4.78 is 5.24. The number of ether oxygens (including phenoxy) is 1. The molecule has 0 aliphatic heterocycles. The number of hydrogen-bond donors (Lipinski definition) is 1. The zero-order valence-electron chi connectivity index (χ0n) is 15.6. The molecule has 0 fully saturated rings. The van der Waals surface area contributed by atoms with Crippen LogP contribution >= 0.6 is 12.2 Å². The summed E-state index contributed by atoms with van der Waals surface area (Å²) in [5, 5.41) is 2.85. The molecule has 0 atom stereocenters. The minimum atomic E-state index is -0.389. The van der Waals surface area contributed by atoms with Gasteiger partial charge in [0.25, 0.3) is 5.91 Å². The maximum atomic E-state index is 12.4. The predicted molar refractivity (Wildman–Crippen MR) is 111 cm³/mol. The normalized spacial score (nSPS) is 10.1. The van der Waals surface area contributed by atoms with Crippen molar-refractivity contribution in [2.75, 3.05) is 18.1 Å². The van der Waals surface area contributed by atoms with Gasteiger partial charge in [0.05, 0.1) is 6.61 Å². The van der Waals surface area contributed by atoms with Gasteiger partial charge in [0, 0.05) is 11.3 Å². The molecule has 0 saturated carbocycles. The van der Waals surface area contributed by atoms with E-state index >= 15 is 0 Å². The number of anilines is 1. The van der Waals surface area contributed by atoms with Crippen molar-refractivity contribution in [2.45, 2.75) is 26.7 Å². The Kier molecular flexibility index (Phi) is 7.95. The Morgan fingerprint density at radius 1 is 1.07 bits per heavy atom. The molecule has 2 rings (SSSR count). The van der Waals surface area contributed by atoms with Crippen LogP contribution in [0.1, 0.15) is 35.7 Å². The Morgan fingerprint density at radius 3 is 2.37 bits per heavy atom. The molecule has 1 amide bonds. The first-order valence-corrected chi connectivity index (χ1v) is 9.32. The summed E-state index contributed by atoms with van der Waals surface area (Å²) in [5.41, 5.74) is 2.30. The predicted octanol–water partition coefficient (Wildman–Crippen LogP) is 3.86. The van der Waals surface area contributed by atoms with Crippen molar-refractivity contribution in [3.8, 4) is 0 Å². The Bertz CT molecular complexity index is 776. The van der Waals surface area contributed by atoms with E-state index in [1.165, 1.54) is 0 Å². The molecule has 0 radical (unpaired) electrons. The van der Waals surface area contributed by atoms with Crippen molar-refractivity contribution in [3.63, 3.8) is 0 Å². The van der Waals surface area contributed by atoms with Crippen molar-refractivity contribution in [3.05, 3.63) is 65.7 Å². The second-order valence-electron chi connectivity index (χ2n) is 6.12. The molecule has 0 unspecified atom stereocenters. The molecule has 0 aliphatic carbocycles. The third kappa shape index (κ3) is 6.49. The minimum Gasteiger partial charge on any atom is -0.464 e. The zero-order valence-corrected chi connectivity index (χ0v) is 16.4. The summed E-state index contributed by atoms with van der Waals surface area (Å²) in [6.45, 7) is 4.31. The zero-order chi connectivity index (χ0) is 19.6. The lowest BCUT2D eigenvalue weighted by Gasteiger charge is -2.24. The summed E-state index contributed by atoms with van der Waals surface area (Å²) in [6.07, 6.45) is 1.76. The maximum Gasteiger partial charge on any atom is 0.326 e. The van der Waals surface area contributed by atoms with E-state index in [0.29, 0.717) is 17.9 Å². The quantitative estimate of drug-likeness (QED) is 0.446. The van der Waals surface area contributed by atoms with Crippen LogP contribution in [0.2, 0.25) is 0 Å². The van der Waals surface area contributed by atoms with Crippen LogP contribution in [-0.4, -0.2) is 30.1 Å². The molecule has 0 spiro atoms. The van der Waals surface area contributed by atoms with Crippen LogP contribution in [0, 0.1) is 6.92 Å². The number of hydrogen-bond acceptors (Lipinski definition) is 4. The average molecular weight is 385 g/mol. The second kappa shape index (κ2) is 10.4. The van der Waals surface area contributed by atoms with E-state index in [-0.39, 0.29) is 23.5 Å². The van der Waals surface area contributed by atoms with Gasteiger partial charge in [0.1, 0.15) is 6.54 Å². The first-order chi connectivity index (χ1) is 13.0. The average Bonchev–Trinajstić information content (AvgIpc) is 2.67. The van der Waals surface area contributed by atoms with E-state index in [2.05, 4.69) is 5.32 Å². The minimum absolute atomic E-state index is 0.0688. The number of carbonyl (C=O) groups excluding carboxylic acids is 2. The number of thiocarbonyl (C=S) groups is 1. The molecule has 6 heteroatoms. The number of carbonyl (C=O) groups is 2. The van der Waals surface area contributed by atoms with Crippen LogP contribution in [-0.2, 0) is 9.53 Å². The standard InChI is InChI=1S/C21H24N2O3S/c1-3-4-14-26-19(24)15-23(18-12-10-16(2)11-13-18)21(27)22-20(25)17-8-6-5-7-9-17/h5-13H,3-4,14-15H2,1-2H3,(H,22,25,27). The molecule has 0 heterocycles. The molecule has 2 aromatic rings. The van der Waals surface area contributed by atoms with Gasteiger partial charge in [-0.1, -0.05) is 49.2 Å². The largest absolute Gasteiger partial charge is 0.464 e. The number of nitrogens with zero attached hydrogens (tertiary/aromatic N) is 1. The number of amides is 1. The number of rotatable bonds is 7. The highest BCUT2D eigenvalue weighted by Crippen LogP contribution is 2.16. The van der Waals surface area contributed by atoms with Crippen molar-refractivity contribution < 1.29 is 14.3 Å². The van der Waals surface area contributed by atoms with Gasteiger partial charge >= 0.3 is 5.97 Å². The van der Waals surface area contributed by atoms with Crippen molar-refractivity contribution in [1.82, 2.24) is 5.32 Å². The van der Waals surface area contributed by atoms with Crippen molar-refractivity contribution in [2.24, 2.45) is 0 Å². The first kappa shape index (κ1) is 20.6. The highest BCUT2D eigenvalue weighted by atomic mass is 32.1. The van der Waals surface area contributed by atoms with E-state index in [4.69, 9.17) is 17.0 Å².